The standard InChI is InChI=1S/C15H17N/c1-3-14-10-13(11-15(4-2)16-14)12-8-6-5-7-9-12/h5-11H,3-4H2,1-2H3. The van der Waals surface area contributed by atoms with Gasteiger partial charge in [0, 0.05) is 11.4 Å². The van der Waals surface area contributed by atoms with Crippen molar-refractivity contribution in [3.05, 3.63) is 53.9 Å². The van der Waals surface area contributed by atoms with Gasteiger partial charge in [0.2, 0.25) is 0 Å². The Bertz CT molecular complexity index is 438. The summed E-state index contributed by atoms with van der Waals surface area (Å²) in [5.41, 5.74) is 4.91. The summed E-state index contributed by atoms with van der Waals surface area (Å²) < 4.78 is 0. The molecule has 0 bridgehead atoms. The maximum atomic E-state index is 4.60. The topological polar surface area (TPSA) is 12.9 Å². The van der Waals surface area contributed by atoms with Crippen LogP contribution >= 0.6 is 0 Å². The van der Waals surface area contributed by atoms with E-state index < -0.39 is 0 Å². The Hall–Kier alpha value is -1.63. The SMILES string of the molecule is CCc1cc(-c2ccccc2)cc(CC)n1. The highest BCUT2D eigenvalue weighted by Gasteiger charge is 2.02. The highest BCUT2D eigenvalue weighted by atomic mass is 14.7. The van der Waals surface area contributed by atoms with Crippen molar-refractivity contribution in [1.29, 1.82) is 0 Å². The van der Waals surface area contributed by atoms with E-state index in [4.69, 9.17) is 0 Å². The molecule has 1 heteroatoms. The second-order valence-corrected chi connectivity index (χ2v) is 3.91. The Kier molecular flexibility index (Phi) is 3.35. The molecule has 2 rings (SSSR count). The van der Waals surface area contributed by atoms with E-state index in [9.17, 15) is 0 Å². The van der Waals surface area contributed by atoms with Crippen LogP contribution in [0.3, 0.4) is 0 Å². The molecule has 0 amide bonds. The molecule has 0 fully saturated rings. The lowest BCUT2D eigenvalue weighted by Crippen LogP contribution is -1.94. The van der Waals surface area contributed by atoms with Crippen molar-refractivity contribution in [2.45, 2.75) is 26.7 Å². The average molecular weight is 211 g/mol. The van der Waals surface area contributed by atoms with Crippen LogP contribution in [-0.4, -0.2) is 4.98 Å². The lowest BCUT2D eigenvalue weighted by atomic mass is 10.0. The van der Waals surface area contributed by atoms with Gasteiger partial charge in [-0.1, -0.05) is 44.2 Å². The molecule has 1 heterocycles. The van der Waals surface area contributed by atoms with Crippen molar-refractivity contribution in [3.8, 4) is 11.1 Å². The van der Waals surface area contributed by atoms with Crippen LogP contribution in [0, 0.1) is 0 Å². The van der Waals surface area contributed by atoms with Crippen molar-refractivity contribution in [1.82, 2.24) is 4.98 Å². The summed E-state index contributed by atoms with van der Waals surface area (Å²) in [4.78, 5) is 4.60. The van der Waals surface area contributed by atoms with E-state index in [2.05, 4.69) is 55.2 Å². The maximum Gasteiger partial charge on any atom is 0.0410 e. The number of hydrogen-bond donors (Lipinski definition) is 0. The number of hydrogen-bond acceptors (Lipinski definition) is 1. The molecule has 1 nitrogen and oxygen atoms in total. The average Bonchev–Trinajstić information content (AvgIpc) is 2.39. The molecule has 0 saturated heterocycles. The number of rotatable bonds is 3. The molecule has 1 aromatic carbocycles. The van der Waals surface area contributed by atoms with Gasteiger partial charge in [0.25, 0.3) is 0 Å². The fraction of sp³-hybridized carbons (Fsp3) is 0.267. The first-order valence-corrected chi connectivity index (χ1v) is 5.88. The van der Waals surface area contributed by atoms with E-state index in [1.54, 1.807) is 0 Å². The van der Waals surface area contributed by atoms with Crippen LogP contribution in [0.2, 0.25) is 0 Å². The minimum absolute atomic E-state index is 0.994. The summed E-state index contributed by atoms with van der Waals surface area (Å²) in [5, 5.41) is 0. The lowest BCUT2D eigenvalue weighted by Gasteiger charge is -2.06. The summed E-state index contributed by atoms with van der Waals surface area (Å²) in [6.07, 6.45) is 1.99. The van der Waals surface area contributed by atoms with Crippen molar-refractivity contribution >= 4 is 0 Å². The molecule has 0 radical (unpaired) electrons. The number of pyridine rings is 1. The first-order valence-electron chi connectivity index (χ1n) is 5.88. The van der Waals surface area contributed by atoms with Gasteiger partial charge in [0.05, 0.1) is 0 Å². The number of aromatic nitrogens is 1. The van der Waals surface area contributed by atoms with Gasteiger partial charge in [-0.05, 0) is 36.1 Å². The number of benzene rings is 1. The lowest BCUT2D eigenvalue weighted by molar-refractivity contribution is 0.956. The van der Waals surface area contributed by atoms with Crippen LogP contribution < -0.4 is 0 Å². The van der Waals surface area contributed by atoms with Gasteiger partial charge in [-0.2, -0.15) is 0 Å². The molecule has 0 saturated carbocycles. The molecule has 0 aliphatic heterocycles. The minimum Gasteiger partial charge on any atom is -0.258 e. The highest BCUT2D eigenvalue weighted by molar-refractivity contribution is 5.63. The van der Waals surface area contributed by atoms with Crippen LogP contribution in [-0.2, 0) is 12.8 Å². The molecule has 0 spiro atoms. The van der Waals surface area contributed by atoms with E-state index >= 15 is 0 Å². The second kappa shape index (κ2) is 4.93. The molecule has 16 heavy (non-hydrogen) atoms. The van der Waals surface area contributed by atoms with Gasteiger partial charge in [0.15, 0.2) is 0 Å². The van der Waals surface area contributed by atoms with E-state index in [-0.39, 0.29) is 0 Å². The maximum absolute atomic E-state index is 4.60. The first-order chi connectivity index (χ1) is 7.83. The van der Waals surface area contributed by atoms with Crippen LogP contribution in [0.1, 0.15) is 25.2 Å². The largest absolute Gasteiger partial charge is 0.258 e. The van der Waals surface area contributed by atoms with Gasteiger partial charge in [-0.15, -0.1) is 0 Å². The molecule has 0 atom stereocenters. The summed E-state index contributed by atoms with van der Waals surface area (Å²) in [7, 11) is 0. The Morgan fingerprint density at radius 2 is 1.38 bits per heavy atom. The van der Waals surface area contributed by atoms with Crippen molar-refractivity contribution in [3.63, 3.8) is 0 Å². The minimum atomic E-state index is 0.994. The van der Waals surface area contributed by atoms with Gasteiger partial charge in [-0.25, -0.2) is 0 Å². The van der Waals surface area contributed by atoms with Crippen molar-refractivity contribution in [2.24, 2.45) is 0 Å². The second-order valence-electron chi connectivity index (χ2n) is 3.91. The zero-order valence-corrected chi connectivity index (χ0v) is 9.90. The predicted octanol–water partition coefficient (Wildman–Crippen LogP) is 3.87. The summed E-state index contributed by atoms with van der Waals surface area (Å²) in [6.45, 7) is 4.30. The van der Waals surface area contributed by atoms with E-state index in [0.29, 0.717) is 0 Å². The smallest absolute Gasteiger partial charge is 0.0410 e. The fourth-order valence-electron chi connectivity index (χ4n) is 1.81. The van der Waals surface area contributed by atoms with Gasteiger partial charge >= 0.3 is 0 Å². The van der Waals surface area contributed by atoms with Crippen LogP contribution in [0.25, 0.3) is 11.1 Å². The third-order valence-corrected chi connectivity index (χ3v) is 2.76. The van der Waals surface area contributed by atoms with E-state index in [0.717, 1.165) is 12.8 Å². The van der Waals surface area contributed by atoms with E-state index in [1.807, 2.05) is 6.07 Å². The molecular formula is C15H17N. The molecule has 1 aromatic heterocycles. The Morgan fingerprint density at radius 1 is 0.812 bits per heavy atom. The molecule has 0 unspecified atom stereocenters. The molecular weight excluding hydrogens is 194 g/mol. The molecule has 2 aromatic rings. The summed E-state index contributed by atoms with van der Waals surface area (Å²) in [6, 6.07) is 14.9. The highest BCUT2D eigenvalue weighted by Crippen LogP contribution is 2.21. The molecule has 0 aliphatic carbocycles. The Morgan fingerprint density at radius 3 is 1.88 bits per heavy atom. The number of aryl methyl sites for hydroxylation is 2. The third-order valence-electron chi connectivity index (χ3n) is 2.76. The summed E-state index contributed by atoms with van der Waals surface area (Å²) >= 11 is 0. The van der Waals surface area contributed by atoms with Crippen LogP contribution in [0.4, 0.5) is 0 Å². The molecule has 0 N–H and O–H groups in total. The monoisotopic (exact) mass is 211 g/mol. The molecule has 0 aliphatic rings. The molecule has 82 valence electrons. The fourth-order valence-corrected chi connectivity index (χ4v) is 1.81. The third kappa shape index (κ3) is 2.30. The van der Waals surface area contributed by atoms with Gasteiger partial charge < -0.3 is 0 Å². The first kappa shape index (κ1) is 10.9. The zero-order valence-electron chi connectivity index (χ0n) is 9.90. The van der Waals surface area contributed by atoms with Gasteiger partial charge in [0.1, 0.15) is 0 Å². The van der Waals surface area contributed by atoms with Crippen LogP contribution in [0.5, 0.6) is 0 Å². The Labute approximate surface area is 97.2 Å². The quantitative estimate of drug-likeness (QED) is 0.751. The zero-order chi connectivity index (χ0) is 11.4. The summed E-state index contributed by atoms with van der Waals surface area (Å²) in [5.74, 6) is 0. The van der Waals surface area contributed by atoms with Crippen molar-refractivity contribution < 1.29 is 0 Å². The predicted molar refractivity (Wildman–Crippen MR) is 68.4 cm³/mol. The van der Waals surface area contributed by atoms with Gasteiger partial charge in [-0.3, -0.25) is 4.98 Å². The van der Waals surface area contributed by atoms with E-state index in [1.165, 1.54) is 22.5 Å². The number of nitrogens with zero attached hydrogens (tertiary/aromatic N) is 1. The normalized spacial score (nSPS) is 10.4. The van der Waals surface area contributed by atoms with Crippen molar-refractivity contribution in [2.75, 3.05) is 0 Å². The Balaban J connectivity index is 2.48. The van der Waals surface area contributed by atoms with Crippen LogP contribution in [0.15, 0.2) is 42.5 Å².